The van der Waals surface area contributed by atoms with Crippen molar-refractivity contribution in [3.05, 3.63) is 0 Å². The van der Waals surface area contributed by atoms with Gasteiger partial charge in [0.25, 0.3) is 0 Å². The van der Waals surface area contributed by atoms with E-state index >= 15 is 0 Å². The van der Waals surface area contributed by atoms with Gasteiger partial charge in [0.15, 0.2) is 0 Å². The molecule has 2 N–H and O–H groups in total. The monoisotopic (exact) mass is 144 g/mol. The lowest BCUT2D eigenvalue weighted by Crippen LogP contribution is -2.18. The molecule has 0 saturated carbocycles. The van der Waals surface area contributed by atoms with E-state index in [9.17, 15) is 0 Å². The maximum atomic E-state index is 7.98. The molecule has 4 nitrogen and oxygen atoms in total. The first-order valence-electron chi connectivity index (χ1n) is 3.47. The zero-order valence-corrected chi connectivity index (χ0v) is 5.84. The highest BCUT2D eigenvalue weighted by Crippen LogP contribution is 1.95. The van der Waals surface area contributed by atoms with E-state index in [-0.39, 0.29) is 0 Å². The van der Waals surface area contributed by atoms with Gasteiger partial charge in [0.05, 0.1) is 19.0 Å². The van der Waals surface area contributed by atoms with E-state index in [0.717, 1.165) is 31.8 Å². The summed E-state index contributed by atoms with van der Waals surface area (Å²) in [5, 5.41) is 11.1. The summed E-state index contributed by atoms with van der Waals surface area (Å²) in [6.07, 6.45) is 1.70. The van der Waals surface area contributed by atoms with Gasteiger partial charge in [-0.15, -0.1) is 0 Å². The van der Waals surface area contributed by atoms with Crippen LogP contribution in [0.5, 0.6) is 0 Å². The van der Waals surface area contributed by atoms with E-state index in [4.69, 9.17) is 5.26 Å². The van der Waals surface area contributed by atoms with Crippen LogP contribution < -0.4 is 5.32 Å². The SMILES string of the molecule is OOCCCC1=NCCN1. The molecule has 1 heterocycles. The third-order valence-electron chi connectivity index (χ3n) is 1.39. The zero-order valence-electron chi connectivity index (χ0n) is 5.84. The van der Waals surface area contributed by atoms with Crippen LogP contribution in [0, 0.1) is 0 Å². The summed E-state index contributed by atoms with van der Waals surface area (Å²) in [6.45, 7) is 2.23. The fourth-order valence-corrected chi connectivity index (χ4v) is 0.919. The quantitative estimate of drug-likeness (QED) is 0.338. The smallest absolute Gasteiger partial charge is 0.0965 e. The van der Waals surface area contributed by atoms with Gasteiger partial charge in [-0.2, -0.15) is 0 Å². The summed E-state index contributed by atoms with van der Waals surface area (Å²) in [7, 11) is 0. The first-order chi connectivity index (χ1) is 4.93. The van der Waals surface area contributed by atoms with Crippen molar-refractivity contribution in [3.63, 3.8) is 0 Å². The van der Waals surface area contributed by atoms with E-state index in [1.807, 2.05) is 0 Å². The van der Waals surface area contributed by atoms with Gasteiger partial charge in [-0.05, 0) is 6.42 Å². The minimum Gasteiger partial charge on any atom is -0.372 e. The minimum atomic E-state index is 0.390. The Kier molecular flexibility index (Phi) is 3.18. The standard InChI is InChI=1S/C6H12N2O2/c9-10-5-1-2-6-7-3-4-8-6/h9H,1-5H2,(H,7,8). The van der Waals surface area contributed by atoms with Gasteiger partial charge < -0.3 is 5.32 Å². The van der Waals surface area contributed by atoms with E-state index in [1.54, 1.807) is 0 Å². The average molecular weight is 144 g/mol. The van der Waals surface area contributed by atoms with Crippen LogP contribution in [0.2, 0.25) is 0 Å². The van der Waals surface area contributed by atoms with Crippen LogP contribution in [-0.2, 0) is 4.89 Å². The van der Waals surface area contributed by atoms with Crippen molar-refractivity contribution < 1.29 is 10.1 Å². The molecule has 0 aromatic carbocycles. The number of aliphatic imine (C=N–C) groups is 1. The summed E-state index contributed by atoms with van der Waals surface area (Å²) in [5.74, 6) is 1.04. The second-order valence-corrected chi connectivity index (χ2v) is 2.19. The molecule has 0 radical (unpaired) electrons. The Morgan fingerprint density at radius 2 is 2.60 bits per heavy atom. The van der Waals surface area contributed by atoms with E-state index in [2.05, 4.69) is 15.2 Å². The van der Waals surface area contributed by atoms with Crippen LogP contribution in [0.3, 0.4) is 0 Å². The number of amidine groups is 1. The highest BCUT2D eigenvalue weighted by atomic mass is 17.1. The molecule has 0 aliphatic carbocycles. The third-order valence-corrected chi connectivity index (χ3v) is 1.39. The van der Waals surface area contributed by atoms with Crippen molar-refractivity contribution in [1.82, 2.24) is 5.32 Å². The van der Waals surface area contributed by atoms with Crippen LogP contribution in [0.4, 0.5) is 0 Å². The topological polar surface area (TPSA) is 53.9 Å². The second-order valence-electron chi connectivity index (χ2n) is 2.19. The van der Waals surface area contributed by atoms with E-state index in [1.165, 1.54) is 0 Å². The Morgan fingerprint density at radius 3 is 3.20 bits per heavy atom. The molecule has 1 aliphatic rings. The maximum Gasteiger partial charge on any atom is 0.0965 e. The lowest BCUT2D eigenvalue weighted by molar-refractivity contribution is -0.242. The van der Waals surface area contributed by atoms with Crippen LogP contribution >= 0.6 is 0 Å². The third kappa shape index (κ3) is 2.33. The van der Waals surface area contributed by atoms with E-state index < -0.39 is 0 Å². The number of nitrogens with zero attached hydrogens (tertiary/aromatic N) is 1. The van der Waals surface area contributed by atoms with Crippen molar-refractivity contribution in [2.45, 2.75) is 12.8 Å². The van der Waals surface area contributed by atoms with Gasteiger partial charge in [0.1, 0.15) is 0 Å². The van der Waals surface area contributed by atoms with Crippen molar-refractivity contribution in [2.75, 3.05) is 19.7 Å². The van der Waals surface area contributed by atoms with E-state index in [0.29, 0.717) is 6.61 Å². The number of nitrogens with one attached hydrogen (secondary N) is 1. The molecular formula is C6H12N2O2. The Bertz CT molecular complexity index is 125. The summed E-state index contributed by atoms with van der Waals surface area (Å²) < 4.78 is 0. The number of hydrogen-bond acceptors (Lipinski definition) is 4. The summed E-state index contributed by atoms with van der Waals surface area (Å²) in [4.78, 5) is 8.09. The van der Waals surface area contributed by atoms with Gasteiger partial charge in [-0.25, -0.2) is 4.89 Å². The van der Waals surface area contributed by atoms with Gasteiger partial charge in [-0.1, -0.05) is 0 Å². The largest absolute Gasteiger partial charge is 0.372 e. The fraction of sp³-hybridized carbons (Fsp3) is 0.833. The van der Waals surface area contributed by atoms with Crippen molar-refractivity contribution in [1.29, 1.82) is 0 Å². The molecule has 0 saturated heterocycles. The normalized spacial score (nSPS) is 16.7. The van der Waals surface area contributed by atoms with Gasteiger partial charge in [0.2, 0.25) is 0 Å². The summed E-state index contributed by atoms with van der Waals surface area (Å²) in [6, 6.07) is 0. The molecule has 1 rings (SSSR count). The Morgan fingerprint density at radius 1 is 1.70 bits per heavy atom. The van der Waals surface area contributed by atoms with Crippen LogP contribution in [0.15, 0.2) is 4.99 Å². The molecular weight excluding hydrogens is 132 g/mol. The van der Waals surface area contributed by atoms with Crippen molar-refractivity contribution in [2.24, 2.45) is 4.99 Å². The Labute approximate surface area is 59.8 Å². The van der Waals surface area contributed by atoms with Crippen LogP contribution in [-0.4, -0.2) is 30.8 Å². The highest BCUT2D eigenvalue weighted by molar-refractivity contribution is 5.83. The lowest BCUT2D eigenvalue weighted by Gasteiger charge is -1.98. The molecule has 0 atom stereocenters. The molecule has 4 heteroatoms. The molecule has 1 aliphatic heterocycles. The molecule has 0 aromatic heterocycles. The molecule has 58 valence electrons. The molecule has 0 amide bonds. The summed E-state index contributed by atoms with van der Waals surface area (Å²) >= 11 is 0. The molecule has 0 spiro atoms. The van der Waals surface area contributed by atoms with Gasteiger partial charge >= 0.3 is 0 Å². The predicted octanol–water partition coefficient (Wildman–Crippen LogP) is 0.258. The molecule has 0 unspecified atom stereocenters. The first-order valence-corrected chi connectivity index (χ1v) is 3.47. The second kappa shape index (κ2) is 4.24. The Balaban J connectivity index is 2.01. The average Bonchev–Trinajstić information content (AvgIpc) is 2.41. The molecule has 0 aromatic rings. The highest BCUT2D eigenvalue weighted by Gasteiger charge is 2.02. The van der Waals surface area contributed by atoms with Crippen LogP contribution in [0.1, 0.15) is 12.8 Å². The number of hydrogen-bond donors (Lipinski definition) is 2. The van der Waals surface area contributed by atoms with Gasteiger partial charge in [-0.3, -0.25) is 10.2 Å². The van der Waals surface area contributed by atoms with Gasteiger partial charge in [0, 0.05) is 13.0 Å². The molecule has 10 heavy (non-hydrogen) atoms. The lowest BCUT2D eigenvalue weighted by atomic mass is 10.3. The maximum absolute atomic E-state index is 7.98. The Hall–Kier alpha value is -0.610. The summed E-state index contributed by atoms with van der Waals surface area (Å²) in [5.41, 5.74) is 0. The first kappa shape index (κ1) is 7.50. The molecule has 0 fully saturated rings. The zero-order chi connectivity index (χ0) is 7.23. The fourth-order valence-electron chi connectivity index (χ4n) is 0.919. The minimum absolute atomic E-state index is 0.390. The van der Waals surface area contributed by atoms with Crippen LogP contribution in [0.25, 0.3) is 0 Å². The molecule has 0 bridgehead atoms. The van der Waals surface area contributed by atoms with Crippen molar-refractivity contribution in [3.8, 4) is 0 Å². The number of rotatable bonds is 4. The van der Waals surface area contributed by atoms with Crippen molar-refractivity contribution >= 4 is 5.84 Å². The predicted molar refractivity (Wildman–Crippen MR) is 38.1 cm³/mol.